The molecule has 0 aromatic rings. The second kappa shape index (κ2) is 3.18. The van der Waals surface area contributed by atoms with Crippen LogP contribution in [-0.2, 0) is 14.6 Å². The summed E-state index contributed by atoms with van der Waals surface area (Å²) in [6.45, 7) is 1.67. The third kappa shape index (κ3) is 1.92. The van der Waals surface area contributed by atoms with E-state index in [1.165, 1.54) is 12.8 Å². The van der Waals surface area contributed by atoms with E-state index >= 15 is 0 Å². The molecule has 4 nitrogen and oxygen atoms in total. The smallest absolute Gasteiger partial charge is 0.154 e. The molecule has 2 unspecified atom stereocenters. The lowest BCUT2D eigenvalue weighted by Crippen LogP contribution is -2.56. The molecule has 3 aliphatic rings. The molecule has 1 N–H and O–H groups in total. The Bertz CT molecular complexity index is 353. The summed E-state index contributed by atoms with van der Waals surface area (Å²) < 4.78 is 28.6. The van der Waals surface area contributed by atoms with Crippen LogP contribution in [0.2, 0.25) is 0 Å². The van der Waals surface area contributed by atoms with Crippen molar-refractivity contribution in [3.05, 3.63) is 0 Å². The molecule has 0 amide bonds. The normalized spacial score (nSPS) is 44.7. The number of hydrogen-bond donors (Lipinski definition) is 1. The lowest BCUT2D eigenvalue weighted by atomic mass is 10.0. The maximum absolute atomic E-state index is 11.4. The van der Waals surface area contributed by atoms with Crippen molar-refractivity contribution < 1.29 is 13.2 Å². The van der Waals surface area contributed by atoms with Crippen molar-refractivity contribution in [3.63, 3.8) is 0 Å². The van der Waals surface area contributed by atoms with Gasteiger partial charge < -0.3 is 4.74 Å². The summed E-state index contributed by atoms with van der Waals surface area (Å²) in [7, 11) is -2.86. The van der Waals surface area contributed by atoms with Gasteiger partial charge in [-0.2, -0.15) is 0 Å². The number of nitrogens with one attached hydrogen (secondary N) is 1. The molecule has 1 spiro atoms. The van der Waals surface area contributed by atoms with E-state index in [9.17, 15) is 8.42 Å². The van der Waals surface area contributed by atoms with E-state index in [-0.39, 0.29) is 11.5 Å². The molecule has 15 heavy (non-hydrogen) atoms. The van der Waals surface area contributed by atoms with Gasteiger partial charge in [0.25, 0.3) is 0 Å². The fourth-order valence-corrected chi connectivity index (χ4v) is 4.46. The molecule has 0 bridgehead atoms. The van der Waals surface area contributed by atoms with E-state index in [0.717, 1.165) is 19.1 Å². The minimum Gasteiger partial charge on any atom is -0.359 e. The zero-order valence-electron chi connectivity index (χ0n) is 8.74. The van der Waals surface area contributed by atoms with Crippen LogP contribution in [0.4, 0.5) is 0 Å². The van der Waals surface area contributed by atoms with Crippen LogP contribution in [0.5, 0.6) is 0 Å². The highest BCUT2D eigenvalue weighted by Crippen LogP contribution is 2.40. The summed E-state index contributed by atoms with van der Waals surface area (Å²) in [6, 6.07) is 0. The van der Waals surface area contributed by atoms with Gasteiger partial charge in [-0.1, -0.05) is 0 Å². The average molecular weight is 231 g/mol. The highest BCUT2D eigenvalue weighted by molar-refractivity contribution is 7.91. The Balaban J connectivity index is 1.65. The van der Waals surface area contributed by atoms with Gasteiger partial charge in [-0.25, -0.2) is 8.42 Å². The van der Waals surface area contributed by atoms with Gasteiger partial charge >= 0.3 is 0 Å². The minimum atomic E-state index is -2.86. The topological polar surface area (TPSA) is 55.4 Å². The van der Waals surface area contributed by atoms with Crippen molar-refractivity contribution >= 4 is 9.84 Å². The molecule has 5 heteroatoms. The number of ether oxygens (including phenoxy) is 1. The highest BCUT2D eigenvalue weighted by Gasteiger charge is 2.47. The van der Waals surface area contributed by atoms with Gasteiger partial charge in [0, 0.05) is 13.0 Å². The van der Waals surface area contributed by atoms with Crippen molar-refractivity contribution in [1.82, 2.24) is 5.32 Å². The predicted octanol–water partition coefficient (Wildman–Crippen LogP) is 0.147. The maximum atomic E-state index is 11.4. The van der Waals surface area contributed by atoms with Crippen LogP contribution in [0.15, 0.2) is 0 Å². The van der Waals surface area contributed by atoms with Gasteiger partial charge in [0.05, 0.1) is 18.1 Å². The largest absolute Gasteiger partial charge is 0.359 e. The molecule has 2 aliphatic heterocycles. The summed E-state index contributed by atoms with van der Waals surface area (Å²) in [5.41, 5.74) is -0.537. The van der Waals surface area contributed by atoms with E-state index in [4.69, 9.17) is 4.74 Å². The van der Waals surface area contributed by atoms with Gasteiger partial charge in [0.2, 0.25) is 0 Å². The molecule has 2 atom stereocenters. The van der Waals surface area contributed by atoms with E-state index in [1.807, 2.05) is 0 Å². The lowest BCUT2D eigenvalue weighted by molar-refractivity contribution is -0.102. The number of sulfone groups is 1. The fourth-order valence-electron chi connectivity index (χ4n) is 2.64. The second-order valence-corrected chi connectivity index (χ2v) is 7.31. The van der Waals surface area contributed by atoms with Crippen molar-refractivity contribution in [2.75, 3.05) is 24.7 Å². The number of rotatable bonds is 1. The van der Waals surface area contributed by atoms with Gasteiger partial charge in [-0.15, -0.1) is 0 Å². The minimum absolute atomic E-state index is 0.164. The first-order valence-corrected chi connectivity index (χ1v) is 7.50. The molecule has 86 valence electrons. The average Bonchev–Trinajstić information content (AvgIpc) is 2.96. The predicted molar refractivity (Wildman–Crippen MR) is 56.2 cm³/mol. The maximum Gasteiger partial charge on any atom is 0.154 e. The van der Waals surface area contributed by atoms with E-state index in [1.54, 1.807) is 0 Å². The van der Waals surface area contributed by atoms with Crippen LogP contribution in [0.25, 0.3) is 0 Å². The summed E-state index contributed by atoms with van der Waals surface area (Å²) in [5.74, 6) is 1.87. The molecule has 3 rings (SSSR count). The quantitative estimate of drug-likeness (QED) is 0.698. The molecular weight excluding hydrogens is 214 g/mol. The zero-order valence-corrected chi connectivity index (χ0v) is 9.55. The lowest BCUT2D eigenvalue weighted by Gasteiger charge is -2.37. The van der Waals surface area contributed by atoms with Gasteiger partial charge in [-0.3, -0.25) is 5.32 Å². The van der Waals surface area contributed by atoms with Crippen molar-refractivity contribution in [2.24, 2.45) is 11.8 Å². The van der Waals surface area contributed by atoms with Crippen molar-refractivity contribution in [2.45, 2.75) is 25.0 Å². The molecule has 0 aromatic heterocycles. The zero-order chi connectivity index (χ0) is 10.5. The standard InChI is InChI=1S/C10H17NO3S/c12-15(13)4-3-10(7-15)11-5-9(6-14-10)8-1-2-8/h8-9,11H,1-7H2. The van der Waals surface area contributed by atoms with Gasteiger partial charge in [0.15, 0.2) is 9.84 Å². The van der Waals surface area contributed by atoms with Crippen LogP contribution in [-0.4, -0.2) is 38.8 Å². The first-order chi connectivity index (χ1) is 7.09. The second-order valence-electron chi connectivity index (χ2n) is 5.13. The molecule has 2 heterocycles. The third-order valence-electron chi connectivity index (χ3n) is 3.82. The monoisotopic (exact) mass is 231 g/mol. The fraction of sp³-hybridized carbons (Fsp3) is 1.00. The molecule has 0 radical (unpaired) electrons. The summed E-state index contributed by atoms with van der Waals surface area (Å²) in [6.07, 6.45) is 3.26. The Labute approximate surface area is 90.3 Å². The summed E-state index contributed by atoms with van der Waals surface area (Å²) in [4.78, 5) is 0. The Kier molecular flexibility index (Phi) is 2.13. The molecule has 2 saturated heterocycles. The highest BCUT2D eigenvalue weighted by atomic mass is 32.2. The van der Waals surface area contributed by atoms with Crippen LogP contribution >= 0.6 is 0 Å². The molecule has 3 fully saturated rings. The van der Waals surface area contributed by atoms with E-state index < -0.39 is 15.6 Å². The Morgan fingerprint density at radius 2 is 2.07 bits per heavy atom. The van der Waals surface area contributed by atoms with E-state index in [0.29, 0.717) is 12.3 Å². The van der Waals surface area contributed by atoms with Crippen LogP contribution < -0.4 is 5.32 Å². The summed E-state index contributed by atoms with van der Waals surface area (Å²) >= 11 is 0. The van der Waals surface area contributed by atoms with Crippen LogP contribution in [0, 0.1) is 11.8 Å². The number of hydrogen-bond acceptors (Lipinski definition) is 4. The SMILES string of the molecule is O=S1(=O)CCC2(C1)NCC(C1CC1)CO2. The first kappa shape index (κ1) is 10.1. The summed E-state index contributed by atoms with van der Waals surface area (Å²) in [5, 5.41) is 3.32. The Morgan fingerprint density at radius 3 is 2.53 bits per heavy atom. The van der Waals surface area contributed by atoms with E-state index in [2.05, 4.69) is 5.32 Å². The van der Waals surface area contributed by atoms with Crippen LogP contribution in [0.3, 0.4) is 0 Å². The van der Waals surface area contributed by atoms with Crippen LogP contribution in [0.1, 0.15) is 19.3 Å². The Hall–Kier alpha value is -0.130. The molecular formula is C10H17NO3S. The first-order valence-electron chi connectivity index (χ1n) is 5.68. The molecule has 0 aromatic carbocycles. The Morgan fingerprint density at radius 1 is 1.27 bits per heavy atom. The van der Waals surface area contributed by atoms with Crippen molar-refractivity contribution in [1.29, 1.82) is 0 Å². The van der Waals surface area contributed by atoms with Crippen molar-refractivity contribution in [3.8, 4) is 0 Å². The van der Waals surface area contributed by atoms with Gasteiger partial charge in [-0.05, 0) is 24.7 Å². The molecule has 1 saturated carbocycles. The van der Waals surface area contributed by atoms with Gasteiger partial charge in [0.1, 0.15) is 5.72 Å². The third-order valence-corrected chi connectivity index (χ3v) is 5.55. The molecule has 1 aliphatic carbocycles.